The molecule has 0 spiro atoms. The molecule has 2 heterocycles. The van der Waals surface area contributed by atoms with Crippen molar-refractivity contribution in [3.63, 3.8) is 0 Å². The number of rotatable bonds is 6. The predicted octanol–water partition coefficient (Wildman–Crippen LogP) is 3.76. The van der Waals surface area contributed by atoms with Gasteiger partial charge in [0.05, 0.1) is 17.2 Å². The van der Waals surface area contributed by atoms with Crippen molar-refractivity contribution in [2.24, 2.45) is 0 Å². The van der Waals surface area contributed by atoms with Crippen LogP contribution < -0.4 is 5.32 Å². The maximum atomic E-state index is 12.4. The second-order valence-electron chi connectivity index (χ2n) is 5.86. The van der Waals surface area contributed by atoms with Gasteiger partial charge in [0.2, 0.25) is 5.91 Å². The Hall–Kier alpha value is -1.99. The highest BCUT2D eigenvalue weighted by atomic mass is 79.9. The number of hydrogen-bond acceptors (Lipinski definition) is 4. The zero-order valence-electron chi connectivity index (χ0n) is 13.6. The van der Waals surface area contributed by atoms with Crippen molar-refractivity contribution in [2.75, 3.05) is 6.54 Å². The van der Waals surface area contributed by atoms with E-state index in [1.54, 1.807) is 29.5 Å². The third-order valence-electron chi connectivity index (χ3n) is 4.07. The SMILES string of the molecule is CC(NC(=O)CCCN1C(=O)c2ccc(Br)cc2C1=O)c1cccs1. The number of carbonyl (C=O) groups is 3. The summed E-state index contributed by atoms with van der Waals surface area (Å²) >= 11 is 4.90. The van der Waals surface area contributed by atoms with Gasteiger partial charge in [-0.05, 0) is 43.0 Å². The minimum atomic E-state index is -0.298. The quantitative estimate of drug-likeness (QED) is 0.723. The van der Waals surface area contributed by atoms with Gasteiger partial charge in [-0.25, -0.2) is 0 Å². The van der Waals surface area contributed by atoms with E-state index in [2.05, 4.69) is 21.2 Å². The molecule has 1 aromatic heterocycles. The molecule has 3 amide bonds. The van der Waals surface area contributed by atoms with Gasteiger partial charge in [-0.1, -0.05) is 22.0 Å². The maximum Gasteiger partial charge on any atom is 0.261 e. The van der Waals surface area contributed by atoms with Gasteiger partial charge in [0, 0.05) is 22.3 Å². The lowest BCUT2D eigenvalue weighted by atomic mass is 10.1. The molecule has 1 atom stereocenters. The van der Waals surface area contributed by atoms with Crippen molar-refractivity contribution < 1.29 is 14.4 Å². The number of nitrogens with one attached hydrogen (secondary N) is 1. The third kappa shape index (κ3) is 3.82. The number of fused-ring (bicyclic) bond motifs is 1. The third-order valence-corrected chi connectivity index (χ3v) is 5.61. The van der Waals surface area contributed by atoms with Crippen LogP contribution in [-0.2, 0) is 4.79 Å². The van der Waals surface area contributed by atoms with E-state index in [-0.39, 0.29) is 36.7 Å². The lowest BCUT2D eigenvalue weighted by Gasteiger charge is -2.15. The van der Waals surface area contributed by atoms with Crippen LogP contribution in [-0.4, -0.2) is 29.2 Å². The first-order chi connectivity index (χ1) is 12.0. The standard InChI is InChI=1S/C18H17BrN2O3S/c1-11(15-4-3-9-25-15)20-16(22)5-2-8-21-17(23)13-7-6-12(19)10-14(13)18(21)24/h3-4,6-7,9-11H,2,5,8H2,1H3,(H,20,22). The summed E-state index contributed by atoms with van der Waals surface area (Å²) in [6.45, 7) is 2.18. The Morgan fingerprint density at radius 3 is 2.72 bits per heavy atom. The van der Waals surface area contributed by atoms with Gasteiger partial charge in [-0.15, -0.1) is 11.3 Å². The summed E-state index contributed by atoms with van der Waals surface area (Å²) in [5.41, 5.74) is 0.833. The summed E-state index contributed by atoms with van der Waals surface area (Å²) < 4.78 is 0.760. The molecule has 25 heavy (non-hydrogen) atoms. The number of halogens is 1. The van der Waals surface area contributed by atoms with Crippen molar-refractivity contribution in [1.29, 1.82) is 0 Å². The van der Waals surface area contributed by atoms with Gasteiger partial charge in [0.1, 0.15) is 0 Å². The number of thiophene rings is 1. The fraction of sp³-hybridized carbons (Fsp3) is 0.278. The predicted molar refractivity (Wildman–Crippen MR) is 99.6 cm³/mol. The van der Waals surface area contributed by atoms with Crippen molar-refractivity contribution >= 4 is 45.0 Å². The first-order valence-corrected chi connectivity index (χ1v) is 9.63. The van der Waals surface area contributed by atoms with E-state index in [9.17, 15) is 14.4 Å². The molecule has 0 radical (unpaired) electrons. The minimum Gasteiger partial charge on any atom is -0.349 e. The van der Waals surface area contributed by atoms with E-state index in [0.717, 1.165) is 9.35 Å². The molecule has 1 aromatic carbocycles. The number of imide groups is 1. The topological polar surface area (TPSA) is 66.5 Å². The minimum absolute atomic E-state index is 0.0378. The molecule has 1 aliphatic heterocycles. The smallest absolute Gasteiger partial charge is 0.261 e. The number of nitrogens with zero attached hydrogens (tertiary/aromatic N) is 1. The number of carbonyl (C=O) groups excluding carboxylic acids is 3. The van der Waals surface area contributed by atoms with Crippen molar-refractivity contribution in [2.45, 2.75) is 25.8 Å². The zero-order valence-corrected chi connectivity index (χ0v) is 16.0. The summed E-state index contributed by atoms with van der Waals surface area (Å²) in [4.78, 5) is 39.0. The Kier molecular flexibility index (Phi) is 5.34. The number of hydrogen-bond donors (Lipinski definition) is 1. The Morgan fingerprint density at radius 2 is 2.00 bits per heavy atom. The van der Waals surface area contributed by atoms with E-state index >= 15 is 0 Å². The van der Waals surface area contributed by atoms with Crippen molar-refractivity contribution in [3.8, 4) is 0 Å². The van der Waals surface area contributed by atoms with Gasteiger partial charge < -0.3 is 5.32 Å². The van der Waals surface area contributed by atoms with Crippen LogP contribution in [0.15, 0.2) is 40.2 Å². The molecule has 1 aliphatic rings. The van der Waals surface area contributed by atoms with Crippen LogP contribution in [0.2, 0.25) is 0 Å². The van der Waals surface area contributed by atoms with Gasteiger partial charge in [-0.3, -0.25) is 19.3 Å². The van der Waals surface area contributed by atoms with E-state index < -0.39 is 0 Å². The lowest BCUT2D eigenvalue weighted by Crippen LogP contribution is -2.32. The van der Waals surface area contributed by atoms with Gasteiger partial charge in [-0.2, -0.15) is 0 Å². The van der Waals surface area contributed by atoms with Crippen LogP contribution in [0.25, 0.3) is 0 Å². The fourth-order valence-electron chi connectivity index (χ4n) is 2.79. The highest BCUT2D eigenvalue weighted by molar-refractivity contribution is 9.10. The molecule has 2 aromatic rings. The monoisotopic (exact) mass is 420 g/mol. The van der Waals surface area contributed by atoms with E-state index in [4.69, 9.17) is 0 Å². The van der Waals surface area contributed by atoms with E-state index in [1.165, 1.54) is 4.90 Å². The Balaban J connectivity index is 1.52. The molecule has 0 fully saturated rings. The van der Waals surface area contributed by atoms with Crippen LogP contribution in [0.1, 0.15) is 51.4 Å². The molecule has 0 aliphatic carbocycles. The summed E-state index contributed by atoms with van der Waals surface area (Å²) in [6.07, 6.45) is 0.711. The molecular weight excluding hydrogens is 404 g/mol. The summed E-state index contributed by atoms with van der Waals surface area (Å²) in [6, 6.07) is 8.94. The second kappa shape index (κ2) is 7.49. The summed E-state index contributed by atoms with van der Waals surface area (Å²) in [5.74, 6) is -0.672. The highest BCUT2D eigenvalue weighted by Gasteiger charge is 2.35. The van der Waals surface area contributed by atoms with Crippen LogP contribution in [0.5, 0.6) is 0 Å². The molecule has 0 bridgehead atoms. The van der Waals surface area contributed by atoms with Crippen molar-refractivity contribution in [3.05, 3.63) is 56.2 Å². The molecule has 0 saturated carbocycles. The lowest BCUT2D eigenvalue weighted by molar-refractivity contribution is -0.121. The van der Waals surface area contributed by atoms with Crippen molar-refractivity contribution in [1.82, 2.24) is 10.2 Å². The first-order valence-electron chi connectivity index (χ1n) is 7.96. The average molecular weight is 421 g/mol. The number of amides is 3. The van der Waals surface area contributed by atoms with Gasteiger partial charge in [0.15, 0.2) is 0 Å². The first kappa shape index (κ1) is 17.8. The molecule has 5 nitrogen and oxygen atoms in total. The number of benzene rings is 1. The molecule has 1 unspecified atom stereocenters. The molecular formula is C18H17BrN2O3S. The van der Waals surface area contributed by atoms with Crippen LogP contribution in [0.3, 0.4) is 0 Å². The van der Waals surface area contributed by atoms with Gasteiger partial charge >= 0.3 is 0 Å². The van der Waals surface area contributed by atoms with Gasteiger partial charge in [0.25, 0.3) is 11.8 Å². The largest absolute Gasteiger partial charge is 0.349 e. The second-order valence-corrected chi connectivity index (χ2v) is 7.75. The van der Waals surface area contributed by atoms with Crippen LogP contribution in [0.4, 0.5) is 0 Å². The molecule has 0 saturated heterocycles. The summed E-state index contributed by atoms with van der Waals surface area (Å²) in [7, 11) is 0. The van der Waals surface area contributed by atoms with Crippen LogP contribution in [0, 0.1) is 0 Å². The Labute approximate surface area is 158 Å². The van der Waals surface area contributed by atoms with E-state index in [1.807, 2.05) is 24.4 Å². The zero-order chi connectivity index (χ0) is 18.0. The van der Waals surface area contributed by atoms with Crippen LogP contribution >= 0.6 is 27.3 Å². The highest BCUT2D eigenvalue weighted by Crippen LogP contribution is 2.26. The fourth-order valence-corrected chi connectivity index (χ4v) is 3.88. The average Bonchev–Trinajstić information content (AvgIpc) is 3.18. The molecule has 130 valence electrons. The normalized spacial score (nSPS) is 14.6. The molecule has 1 N–H and O–H groups in total. The maximum absolute atomic E-state index is 12.4. The Bertz CT molecular complexity index is 820. The molecule has 7 heteroatoms. The summed E-state index contributed by atoms with van der Waals surface area (Å²) in [5, 5.41) is 4.90. The molecule has 3 rings (SSSR count). The Morgan fingerprint density at radius 1 is 1.24 bits per heavy atom. The van der Waals surface area contributed by atoms with E-state index in [0.29, 0.717) is 17.5 Å².